The van der Waals surface area contributed by atoms with Gasteiger partial charge in [-0.05, 0) is 12.5 Å². The first-order valence-electron chi connectivity index (χ1n) is 3.92. The van der Waals surface area contributed by atoms with Gasteiger partial charge in [0.2, 0.25) is 0 Å². The molecule has 0 saturated carbocycles. The fourth-order valence-corrected chi connectivity index (χ4v) is 5.27. The lowest BCUT2D eigenvalue weighted by Crippen LogP contribution is -2.14. The zero-order chi connectivity index (χ0) is 10.8. The molecule has 0 bridgehead atoms. The molecular weight excluding hydrogens is 278 g/mol. The highest BCUT2D eigenvalue weighted by Crippen LogP contribution is 2.38. The van der Waals surface area contributed by atoms with Crippen LogP contribution >= 0.6 is 44.8 Å². The third-order valence-electron chi connectivity index (χ3n) is 1.69. The Kier molecular flexibility index (Phi) is 4.35. The van der Waals surface area contributed by atoms with Crippen LogP contribution in [0.2, 0.25) is 0 Å². The van der Waals surface area contributed by atoms with E-state index in [1.54, 1.807) is 6.92 Å². The number of allylic oxidation sites excluding steroid dienone is 1. The van der Waals surface area contributed by atoms with Crippen molar-refractivity contribution in [3.8, 4) is 0 Å². The van der Waals surface area contributed by atoms with Gasteiger partial charge in [-0.2, -0.15) is 0 Å². The number of hydrogen-bond acceptors (Lipinski definition) is 0. The molecule has 0 atom stereocenters. The highest BCUT2D eigenvalue weighted by Gasteiger charge is 2.33. The molecule has 0 unspecified atom stereocenters. The van der Waals surface area contributed by atoms with Gasteiger partial charge in [-0.1, -0.05) is 41.9 Å². The maximum absolute atomic E-state index is 5.96. The third-order valence-corrected chi connectivity index (χ3v) is 4.97. The van der Waals surface area contributed by atoms with Crippen molar-refractivity contribution in [2.75, 3.05) is 0 Å². The van der Waals surface area contributed by atoms with Crippen molar-refractivity contribution in [1.29, 1.82) is 0 Å². The quantitative estimate of drug-likeness (QED) is 0.538. The monoisotopic (exact) mass is 284 g/mol. The van der Waals surface area contributed by atoms with Crippen LogP contribution in [0.1, 0.15) is 12.5 Å². The molecule has 0 N–H and O–H groups in total. The zero-order valence-electron chi connectivity index (χ0n) is 7.40. The average molecular weight is 286 g/mol. The topological polar surface area (TPSA) is 0 Å². The molecule has 0 heterocycles. The van der Waals surface area contributed by atoms with E-state index < -0.39 is 6.00 Å². The van der Waals surface area contributed by atoms with Gasteiger partial charge < -0.3 is 0 Å². The molecule has 0 fully saturated rings. The molecule has 0 aliphatic rings. The van der Waals surface area contributed by atoms with Gasteiger partial charge in [-0.15, -0.1) is 33.2 Å². The van der Waals surface area contributed by atoms with Gasteiger partial charge in [0.25, 0.3) is 0 Å². The van der Waals surface area contributed by atoms with Crippen molar-refractivity contribution in [2.24, 2.45) is 0 Å². The first-order chi connectivity index (χ1) is 6.43. The first-order valence-corrected chi connectivity index (χ1v) is 9.33. The van der Waals surface area contributed by atoms with E-state index in [4.69, 9.17) is 44.8 Å². The van der Waals surface area contributed by atoms with Gasteiger partial charge in [0.15, 0.2) is 0 Å². The minimum atomic E-state index is -2.93. The van der Waals surface area contributed by atoms with Gasteiger partial charge >= 0.3 is 6.00 Å². The van der Waals surface area contributed by atoms with E-state index in [0.29, 0.717) is 10.2 Å². The van der Waals surface area contributed by atoms with Gasteiger partial charge in [0, 0.05) is 10.2 Å². The lowest BCUT2D eigenvalue weighted by Gasteiger charge is -2.14. The standard InChI is InChI=1S/C9H8Cl4Si/c1-7(10)9(14(11,12)13)8-5-3-2-4-6-8/h2-6H,1H3. The number of rotatable bonds is 2. The summed E-state index contributed by atoms with van der Waals surface area (Å²) in [7, 11) is 0. The third kappa shape index (κ3) is 3.18. The molecule has 0 aromatic heterocycles. The van der Waals surface area contributed by atoms with Gasteiger partial charge in [0.05, 0.1) is 0 Å². The number of halogens is 4. The largest absolute Gasteiger partial charge is 0.374 e. The summed E-state index contributed by atoms with van der Waals surface area (Å²) in [4.78, 5) is 0. The summed E-state index contributed by atoms with van der Waals surface area (Å²) >= 11 is 23.8. The smallest absolute Gasteiger partial charge is 0.121 e. The number of hydrogen-bond donors (Lipinski definition) is 0. The molecule has 0 aliphatic carbocycles. The van der Waals surface area contributed by atoms with Crippen LogP contribution in [0, 0.1) is 0 Å². The van der Waals surface area contributed by atoms with E-state index in [1.165, 1.54) is 0 Å². The molecule has 76 valence electrons. The fraction of sp³-hybridized carbons (Fsp3) is 0.111. The van der Waals surface area contributed by atoms with E-state index in [2.05, 4.69) is 0 Å². The normalized spacial score (nSPS) is 13.8. The van der Waals surface area contributed by atoms with Gasteiger partial charge in [-0.25, -0.2) is 0 Å². The summed E-state index contributed by atoms with van der Waals surface area (Å²) in [5.41, 5.74) is 0.881. The Labute approximate surface area is 104 Å². The molecule has 5 heteroatoms. The van der Waals surface area contributed by atoms with E-state index in [-0.39, 0.29) is 0 Å². The highest BCUT2D eigenvalue weighted by atomic mass is 35.8. The van der Waals surface area contributed by atoms with Crippen LogP contribution in [-0.2, 0) is 0 Å². The Morgan fingerprint density at radius 1 is 1.07 bits per heavy atom. The molecule has 1 aromatic rings. The molecule has 1 aromatic carbocycles. The van der Waals surface area contributed by atoms with Crippen molar-refractivity contribution in [2.45, 2.75) is 6.92 Å². The van der Waals surface area contributed by atoms with E-state index in [1.807, 2.05) is 30.3 Å². The Balaban J connectivity index is 3.24. The lowest BCUT2D eigenvalue weighted by atomic mass is 10.2. The van der Waals surface area contributed by atoms with Crippen molar-refractivity contribution in [3.05, 3.63) is 40.9 Å². The fourth-order valence-electron chi connectivity index (χ4n) is 1.16. The second kappa shape index (κ2) is 4.91. The SMILES string of the molecule is CC(Cl)=C(c1ccccc1)[Si](Cl)(Cl)Cl. The predicted molar refractivity (Wildman–Crippen MR) is 68.2 cm³/mol. The molecule has 0 spiro atoms. The average Bonchev–Trinajstić information content (AvgIpc) is 2.02. The zero-order valence-corrected chi connectivity index (χ0v) is 11.4. The Hall–Kier alpha value is 0.337. The maximum atomic E-state index is 5.96. The van der Waals surface area contributed by atoms with E-state index in [9.17, 15) is 0 Å². The summed E-state index contributed by atoms with van der Waals surface area (Å²) in [5, 5.41) is 1.20. The van der Waals surface area contributed by atoms with Crippen LogP contribution < -0.4 is 0 Å². The molecule has 0 nitrogen and oxygen atoms in total. The van der Waals surface area contributed by atoms with E-state index in [0.717, 1.165) is 5.56 Å². The summed E-state index contributed by atoms with van der Waals surface area (Å²) in [6.07, 6.45) is 0. The Morgan fingerprint density at radius 2 is 1.57 bits per heavy atom. The molecule has 0 saturated heterocycles. The van der Waals surface area contributed by atoms with Crippen LogP contribution in [-0.4, -0.2) is 6.00 Å². The van der Waals surface area contributed by atoms with E-state index >= 15 is 0 Å². The minimum absolute atomic E-state index is 0.544. The predicted octanol–water partition coefficient (Wildman–Crippen LogP) is 4.85. The second-order valence-electron chi connectivity index (χ2n) is 2.77. The van der Waals surface area contributed by atoms with Gasteiger partial charge in [-0.3, -0.25) is 0 Å². The molecule has 0 aliphatic heterocycles. The first kappa shape index (κ1) is 12.4. The number of benzene rings is 1. The van der Waals surface area contributed by atoms with Gasteiger partial charge in [0.1, 0.15) is 0 Å². The van der Waals surface area contributed by atoms with Crippen molar-refractivity contribution >= 4 is 56.0 Å². The van der Waals surface area contributed by atoms with Crippen LogP contribution in [0.4, 0.5) is 0 Å². The molecular formula is C9H8Cl4Si. The highest BCUT2D eigenvalue weighted by molar-refractivity contribution is 7.71. The summed E-state index contributed by atoms with van der Waals surface area (Å²) < 4.78 is 0. The van der Waals surface area contributed by atoms with Crippen molar-refractivity contribution in [3.63, 3.8) is 0 Å². The Morgan fingerprint density at radius 3 is 1.93 bits per heavy atom. The molecule has 1 rings (SSSR count). The molecule has 14 heavy (non-hydrogen) atoms. The second-order valence-corrected chi connectivity index (χ2v) is 11.7. The van der Waals surface area contributed by atoms with Crippen molar-refractivity contribution < 1.29 is 0 Å². The Bertz CT molecular complexity index is 336. The van der Waals surface area contributed by atoms with Crippen LogP contribution in [0.5, 0.6) is 0 Å². The lowest BCUT2D eigenvalue weighted by molar-refractivity contribution is 1.60. The van der Waals surface area contributed by atoms with Crippen LogP contribution in [0.25, 0.3) is 5.20 Å². The van der Waals surface area contributed by atoms with Crippen LogP contribution in [0.15, 0.2) is 35.4 Å². The molecule has 0 radical (unpaired) electrons. The van der Waals surface area contributed by atoms with Crippen LogP contribution in [0.3, 0.4) is 0 Å². The van der Waals surface area contributed by atoms with Crippen molar-refractivity contribution in [1.82, 2.24) is 0 Å². The summed E-state index contributed by atoms with van der Waals surface area (Å²) in [5.74, 6) is 0. The summed E-state index contributed by atoms with van der Waals surface area (Å²) in [6, 6.07) is 6.53. The summed E-state index contributed by atoms with van der Waals surface area (Å²) in [6.45, 7) is 1.73. The molecule has 0 amide bonds. The maximum Gasteiger partial charge on any atom is 0.374 e. The minimum Gasteiger partial charge on any atom is -0.121 e.